The van der Waals surface area contributed by atoms with E-state index in [1.807, 2.05) is 41.3 Å². The lowest BCUT2D eigenvalue weighted by atomic mass is 9.89. The van der Waals surface area contributed by atoms with E-state index in [1.54, 1.807) is 24.3 Å². The molecular formula is C28H30ClN3O2. The fraction of sp³-hybridized carbons (Fsp3) is 0.286. The van der Waals surface area contributed by atoms with Crippen molar-refractivity contribution in [2.45, 2.75) is 31.6 Å². The molecule has 1 aliphatic heterocycles. The Morgan fingerprint density at radius 3 is 2.56 bits per heavy atom. The maximum Gasteiger partial charge on any atom is 0.321 e. The third-order valence-corrected chi connectivity index (χ3v) is 6.45. The molecule has 4 rings (SSSR count). The molecule has 1 heterocycles. The first kappa shape index (κ1) is 23.8. The normalized spacial score (nSPS) is 15.6. The molecule has 3 aromatic rings. The average molecular weight is 476 g/mol. The van der Waals surface area contributed by atoms with E-state index < -0.39 is 0 Å². The number of halogens is 1. The topological polar surface area (TPSA) is 61.4 Å². The highest BCUT2D eigenvalue weighted by molar-refractivity contribution is 6.30. The summed E-state index contributed by atoms with van der Waals surface area (Å²) in [7, 11) is 0. The second kappa shape index (κ2) is 11.7. The maximum absolute atomic E-state index is 12.8. The minimum absolute atomic E-state index is 0.0527. The van der Waals surface area contributed by atoms with Crippen LogP contribution in [0.25, 0.3) is 0 Å². The molecule has 1 saturated heterocycles. The highest BCUT2D eigenvalue weighted by Gasteiger charge is 2.25. The van der Waals surface area contributed by atoms with Crippen molar-refractivity contribution in [2.24, 2.45) is 0 Å². The standard InChI is InChI=1S/C28H30ClN3O2/c29-25-13-15-26(16-14-25)31-28(34)32-18-6-12-24(20-32)22-10-4-11-23(19-22)27(33)30-17-5-9-21-7-2-1-3-8-21/h1-4,7-8,10-11,13-16,19,24H,5-6,9,12,17-18,20H2,(H,30,33)(H,31,34)/t24-/m0/s1. The number of benzene rings is 3. The van der Waals surface area contributed by atoms with Crippen molar-refractivity contribution < 1.29 is 9.59 Å². The predicted molar refractivity (Wildman–Crippen MR) is 138 cm³/mol. The van der Waals surface area contributed by atoms with Gasteiger partial charge in [-0.25, -0.2) is 4.79 Å². The lowest BCUT2D eigenvalue weighted by Crippen LogP contribution is -2.41. The monoisotopic (exact) mass is 475 g/mol. The molecule has 5 nitrogen and oxygen atoms in total. The number of carbonyl (C=O) groups excluding carboxylic acids is 2. The van der Waals surface area contributed by atoms with Crippen LogP contribution in [0.3, 0.4) is 0 Å². The quantitative estimate of drug-likeness (QED) is 0.405. The van der Waals surface area contributed by atoms with Crippen molar-refractivity contribution in [2.75, 3.05) is 25.0 Å². The molecule has 34 heavy (non-hydrogen) atoms. The largest absolute Gasteiger partial charge is 0.352 e. The van der Waals surface area contributed by atoms with Crippen LogP contribution in [-0.4, -0.2) is 36.5 Å². The number of aryl methyl sites for hydroxylation is 1. The Bertz CT molecular complexity index is 1100. The van der Waals surface area contributed by atoms with E-state index in [-0.39, 0.29) is 17.9 Å². The van der Waals surface area contributed by atoms with Crippen molar-refractivity contribution in [3.63, 3.8) is 0 Å². The third-order valence-electron chi connectivity index (χ3n) is 6.19. The molecule has 0 bridgehead atoms. The maximum atomic E-state index is 12.8. The van der Waals surface area contributed by atoms with Crippen molar-refractivity contribution in [1.29, 1.82) is 0 Å². The smallest absolute Gasteiger partial charge is 0.321 e. The van der Waals surface area contributed by atoms with Gasteiger partial charge in [-0.15, -0.1) is 0 Å². The summed E-state index contributed by atoms with van der Waals surface area (Å²) >= 11 is 5.93. The molecule has 1 fully saturated rings. The second-order valence-electron chi connectivity index (χ2n) is 8.69. The van der Waals surface area contributed by atoms with Crippen LogP contribution in [0, 0.1) is 0 Å². The third kappa shape index (κ3) is 6.61. The first-order chi connectivity index (χ1) is 16.6. The summed E-state index contributed by atoms with van der Waals surface area (Å²) in [6.45, 7) is 1.99. The van der Waals surface area contributed by atoms with Gasteiger partial charge in [-0.05, 0) is 73.2 Å². The zero-order valence-electron chi connectivity index (χ0n) is 19.2. The van der Waals surface area contributed by atoms with E-state index in [9.17, 15) is 9.59 Å². The molecule has 2 N–H and O–H groups in total. The molecule has 6 heteroatoms. The fourth-order valence-electron chi connectivity index (χ4n) is 4.34. The number of likely N-dealkylation sites (tertiary alicyclic amines) is 1. The minimum atomic E-state index is -0.112. The summed E-state index contributed by atoms with van der Waals surface area (Å²) in [5.74, 6) is 0.151. The van der Waals surface area contributed by atoms with E-state index in [4.69, 9.17) is 11.6 Å². The van der Waals surface area contributed by atoms with Crippen LogP contribution in [0.4, 0.5) is 10.5 Å². The first-order valence-electron chi connectivity index (χ1n) is 11.8. The van der Waals surface area contributed by atoms with Gasteiger partial charge in [0.1, 0.15) is 0 Å². The van der Waals surface area contributed by atoms with E-state index in [0.717, 1.165) is 43.5 Å². The lowest BCUT2D eigenvalue weighted by molar-refractivity contribution is 0.0953. The molecule has 0 unspecified atom stereocenters. The summed E-state index contributed by atoms with van der Waals surface area (Å²) in [5.41, 5.74) is 3.77. The van der Waals surface area contributed by atoms with Crippen molar-refractivity contribution in [3.05, 3.63) is 101 Å². The van der Waals surface area contributed by atoms with Crippen LogP contribution in [0.1, 0.15) is 46.7 Å². The highest BCUT2D eigenvalue weighted by atomic mass is 35.5. The minimum Gasteiger partial charge on any atom is -0.352 e. The number of hydrogen-bond donors (Lipinski definition) is 2. The molecule has 0 aliphatic carbocycles. The molecule has 0 spiro atoms. The van der Waals surface area contributed by atoms with Crippen LogP contribution in [-0.2, 0) is 6.42 Å². The Morgan fingerprint density at radius 2 is 1.76 bits per heavy atom. The number of piperidine rings is 1. The fourth-order valence-corrected chi connectivity index (χ4v) is 4.47. The van der Waals surface area contributed by atoms with E-state index in [0.29, 0.717) is 23.7 Å². The van der Waals surface area contributed by atoms with Crippen LogP contribution in [0.2, 0.25) is 5.02 Å². The van der Waals surface area contributed by atoms with Gasteiger partial charge in [-0.3, -0.25) is 4.79 Å². The molecule has 0 saturated carbocycles. The number of rotatable bonds is 7. The summed E-state index contributed by atoms with van der Waals surface area (Å²) in [6.07, 6.45) is 3.76. The zero-order chi connectivity index (χ0) is 23.8. The summed E-state index contributed by atoms with van der Waals surface area (Å²) < 4.78 is 0. The van der Waals surface area contributed by atoms with E-state index in [1.165, 1.54) is 5.56 Å². The Balaban J connectivity index is 1.30. The molecule has 1 atom stereocenters. The van der Waals surface area contributed by atoms with Crippen molar-refractivity contribution in [3.8, 4) is 0 Å². The van der Waals surface area contributed by atoms with Gasteiger partial charge in [0, 0.05) is 41.8 Å². The van der Waals surface area contributed by atoms with Crippen molar-refractivity contribution in [1.82, 2.24) is 10.2 Å². The summed E-state index contributed by atoms with van der Waals surface area (Å²) in [4.78, 5) is 27.3. The van der Waals surface area contributed by atoms with Gasteiger partial charge in [0.05, 0.1) is 0 Å². The van der Waals surface area contributed by atoms with Gasteiger partial charge in [-0.2, -0.15) is 0 Å². The van der Waals surface area contributed by atoms with Crippen LogP contribution < -0.4 is 10.6 Å². The first-order valence-corrected chi connectivity index (χ1v) is 12.2. The van der Waals surface area contributed by atoms with E-state index in [2.05, 4.69) is 28.8 Å². The Hall–Kier alpha value is -3.31. The molecule has 3 amide bonds. The highest BCUT2D eigenvalue weighted by Crippen LogP contribution is 2.28. The zero-order valence-corrected chi connectivity index (χ0v) is 19.9. The van der Waals surface area contributed by atoms with Gasteiger partial charge in [-0.1, -0.05) is 54.1 Å². The molecule has 1 aliphatic rings. The SMILES string of the molecule is O=C(NCCCc1ccccc1)c1cccc([C@H]2CCCN(C(=O)Nc3ccc(Cl)cc3)C2)c1. The van der Waals surface area contributed by atoms with Gasteiger partial charge >= 0.3 is 6.03 Å². The summed E-state index contributed by atoms with van der Waals surface area (Å²) in [6, 6.07) is 25.1. The Morgan fingerprint density at radius 1 is 0.971 bits per heavy atom. The number of hydrogen-bond acceptors (Lipinski definition) is 2. The average Bonchev–Trinajstić information content (AvgIpc) is 2.88. The lowest BCUT2D eigenvalue weighted by Gasteiger charge is -2.33. The van der Waals surface area contributed by atoms with Crippen LogP contribution in [0.15, 0.2) is 78.9 Å². The number of anilines is 1. The Labute approximate surface area is 206 Å². The number of amides is 3. The van der Waals surface area contributed by atoms with Gasteiger partial charge in [0.25, 0.3) is 5.91 Å². The van der Waals surface area contributed by atoms with Gasteiger partial charge in [0.2, 0.25) is 0 Å². The summed E-state index contributed by atoms with van der Waals surface area (Å²) in [5, 5.41) is 6.62. The molecule has 0 aromatic heterocycles. The molecule has 0 radical (unpaired) electrons. The molecule has 3 aromatic carbocycles. The molecule has 176 valence electrons. The van der Waals surface area contributed by atoms with Gasteiger partial charge in [0.15, 0.2) is 0 Å². The molecular weight excluding hydrogens is 446 g/mol. The Kier molecular flexibility index (Phi) is 8.21. The number of nitrogens with zero attached hydrogens (tertiary/aromatic N) is 1. The number of urea groups is 1. The number of nitrogens with one attached hydrogen (secondary N) is 2. The van der Waals surface area contributed by atoms with E-state index >= 15 is 0 Å². The van der Waals surface area contributed by atoms with Crippen molar-refractivity contribution >= 4 is 29.2 Å². The predicted octanol–water partition coefficient (Wildman–Crippen LogP) is 6.11. The van der Waals surface area contributed by atoms with Gasteiger partial charge < -0.3 is 15.5 Å². The number of carbonyl (C=O) groups is 2. The second-order valence-corrected chi connectivity index (χ2v) is 9.13. The van der Waals surface area contributed by atoms with Crippen LogP contribution in [0.5, 0.6) is 0 Å². The van der Waals surface area contributed by atoms with Crippen LogP contribution >= 0.6 is 11.6 Å².